The van der Waals surface area contributed by atoms with E-state index in [2.05, 4.69) is 5.32 Å². The van der Waals surface area contributed by atoms with Gasteiger partial charge in [0.1, 0.15) is 6.54 Å². The van der Waals surface area contributed by atoms with Crippen molar-refractivity contribution < 1.29 is 23.9 Å². The second kappa shape index (κ2) is 9.85. The van der Waals surface area contributed by atoms with E-state index in [9.17, 15) is 19.2 Å². The van der Waals surface area contributed by atoms with Crippen molar-refractivity contribution in [3.8, 4) is 0 Å². The molecule has 146 valence electrons. The van der Waals surface area contributed by atoms with Crippen LogP contribution in [0.5, 0.6) is 0 Å². The molecule has 1 aromatic carbocycles. The maximum absolute atomic E-state index is 12.2. The number of ether oxygens (including phenoxy) is 1. The molecular weight excluding hydrogens is 348 g/mol. The van der Waals surface area contributed by atoms with Crippen LogP contribution in [-0.2, 0) is 19.1 Å². The summed E-state index contributed by atoms with van der Waals surface area (Å²) in [6, 6.07) is 6.41. The summed E-state index contributed by atoms with van der Waals surface area (Å²) in [6.45, 7) is 3.64. The lowest BCUT2D eigenvalue weighted by atomic mass is 10.1. The van der Waals surface area contributed by atoms with E-state index in [1.807, 2.05) is 0 Å². The number of carbonyl (C=O) groups excluding carboxylic acids is 4. The van der Waals surface area contributed by atoms with Crippen LogP contribution in [0.25, 0.3) is 0 Å². The van der Waals surface area contributed by atoms with Crippen LogP contribution in [0.1, 0.15) is 49.9 Å². The molecule has 0 bridgehead atoms. The topological polar surface area (TPSA) is 92.8 Å². The first-order valence-corrected chi connectivity index (χ1v) is 9.24. The number of rotatable bonds is 7. The van der Waals surface area contributed by atoms with Gasteiger partial charge in [0.05, 0.1) is 0 Å². The van der Waals surface area contributed by atoms with E-state index >= 15 is 0 Å². The van der Waals surface area contributed by atoms with Crippen molar-refractivity contribution in [1.29, 1.82) is 0 Å². The highest BCUT2D eigenvalue weighted by atomic mass is 16.5. The second-order valence-corrected chi connectivity index (χ2v) is 6.93. The summed E-state index contributed by atoms with van der Waals surface area (Å²) in [4.78, 5) is 49.1. The van der Waals surface area contributed by atoms with E-state index in [-0.39, 0.29) is 36.7 Å². The molecule has 0 radical (unpaired) electrons. The molecule has 2 amide bonds. The minimum absolute atomic E-state index is 0.0465. The first kappa shape index (κ1) is 20.6. The summed E-state index contributed by atoms with van der Waals surface area (Å²) in [6.07, 6.45) is 3.14. The van der Waals surface area contributed by atoms with Crippen LogP contribution in [0, 0.1) is 5.92 Å². The van der Waals surface area contributed by atoms with Gasteiger partial charge in [0.15, 0.2) is 12.4 Å². The molecule has 0 unspecified atom stereocenters. The van der Waals surface area contributed by atoms with Crippen LogP contribution in [0.15, 0.2) is 24.3 Å². The zero-order chi connectivity index (χ0) is 19.8. The van der Waals surface area contributed by atoms with Gasteiger partial charge in [-0.2, -0.15) is 0 Å². The molecule has 0 saturated carbocycles. The standard InChI is InChI=1S/C20H26N2O5/c1-14(2)20(26)21-16-9-7-15(8-10-16)17(23)13-27-19(25)12-22-11-5-3-4-6-18(22)24/h7-10,14H,3-6,11-13H2,1-2H3,(H,21,26). The fraction of sp³-hybridized carbons (Fsp3) is 0.500. The van der Waals surface area contributed by atoms with Crippen LogP contribution in [-0.4, -0.2) is 48.2 Å². The normalized spacial score (nSPS) is 14.6. The number of Topliss-reactive ketones (excluding diaryl/α,β-unsaturated/α-hetero) is 1. The highest BCUT2D eigenvalue weighted by molar-refractivity contribution is 5.99. The predicted octanol–water partition coefficient (Wildman–Crippen LogP) is 2.41. The molecule has 0 atom stereocenters. The van der Waals surface area contributed by atoms with Gasteiger partial charge in [-0.15, -0.1) is 0 Å². The Labute approximate surface area is 159 Å². The molecule has 1 fully saturated rings. The molecule has 0 aromatic heterocycles. The van der Waals surface area contributed by atoms with Crippen LogP contribution >= 0.6 is 0 Å². The van der Waals surface area contributed by atoms with Crippen LogP contribution in [0.4, 0.5) is 5.69 Å². The Morgan fingerprint density at radius 1 is 1.11 bits per heavy atom. The molecule has 1 aliphatic heterocycles. The van der Waals surface area contributed by atoms with Gasteiger partial charge in [-0.3, -0.25) is 19.2 Å². The first-order chi connectivity index (χ1) is 12.9. The Bertz CT molecular complexity index is 697. The number of amides is 2. The number of anilines is 1. The van der Waals surface area contributed by atoms with Gasteiger partial charge in [-0.25, -0.2) is 0 Å². The lowest BCUT2D eigenvalue weighted by Gasteiger charge is -2.19. The maximum atomic E-state index is 12.2. The predicted molar refractivity (Wildman–Crippen MR) is 100 cm³/mol. The minimum Gasteiger partial charge on any atom is -0.456 e. The number of ketones is 1. The molecule has 2 rings (SSSR count). The number of hydrogen-bond donors (Lipinski definition) is 1. The van der Waals surface area contributed by atoms with Crippen LogP contribution in [0.2, 0.25) is 0 Å². The number of hydrogen-bond acceptors (Lipinski definition) is 5. The zero-order valence-electron chi connectivity index (χ0n) is 15.8. The third-order valence-electron chi connectivity index (χ3n) is 4.35. The van der Waals surface area contributed by atoms with Gasteiger partial charge < -0.3 is 15.0 Å². The minimum atomic E-state index is -0.584. The molecule has 7 heteroatoms. The molecule has 1 saturated heterocycles. The summed E-state index contributed by atoms with van der Waals surface area (Å²) in [5.74, 6) is -1.21. The van der Waals surface area contributed by atoms with E-state index in [1.165, 1.54) is 4.90 Å². The average Bonchev–Trinajstić information content (AvgIpc) is 2.84. The largest absolute Gasteiger partial charge is 0.456 e. The zero-order valence-corrected chi connectivity index (χ0v) is 15.8. The van der Waals surface area contributed by atoms with Crippen molar-refractivity contribution in [1.82, 2.24) is 4.90 Å². The van der Waals surface area contributed by atoms with Crippen molar-refractivity contribution >= 4 is 29.3 Å². The Hall–Kier alpha value is -2.70. The Morgan fingerprint density at radius 3 is 2.48 bits per heavy atom. The molecule has 27 heavy (non-hydrogen) atoms. The molecule has 0 spiro atoms. The maximum Gasteiger partial charge on any atom is 0.326 e. The van der Waals surface area contributed by atoms with Gasteiger partial charge >= 0.3 is 5.97 Å². The van der Waals surface area contributed by atoms with E-state index in [0.717, 1.165) is 19.3 Å². The third-order valence-corrected chi connectivity index (χ3v) is 4.35. The van der Waals surface area contributed by atoms with Crippen LogP contribution < -0.4 is 5.32 Å². The molecule has 1 N–H and O–H groups in total. The number of benzene rings is 1. The third kappa shape index (κ3) is 6.51. The Kier molecular flexibility index (Phi) is 7.52. The lowest BCUT2D eigenvalue weighted by Crippen LogP contribution is -2.36. The fourth-order valence-corrected chi connectivity index (χ4v) is 2.66. The van der Waals surface area contributed by atoms with Crippen molar-refractivity contribution in [2.24, 2.45) is 5.92 Å². The van der Waals surface area contributed by atoms with E-state index in [4.69, 9.17) is 4.74 Å². The molecular formula is C20H26N2O5. The lowest BCUT2D eigenvalue weighted by molar-refractivity contribution is -0.148. The summed E-state index contributed by atoms with van der Waals surface area (Å²) >= 11 is 0. The molecule has 0 aliphatic carbocycles. The number of nitrogens with zero attached hydrogens (tertiary/aromatic N) is 1. The Morgan fingerprint density at radius 2 is 1.81 bits per heavy atom. The monoisotopic (exact) mass is 374 g/mol. The second-order valence-electron chi connectivity index (χ2n) is 6.93. The van der Waals surface area contributed by atoms with Crippen molar-refractivity contribution in [3.63, 3.8) is 0 Å². The fourth-order valence-electron chi connectivity index (χ4n) is 2.66. The van der Waals surface area contributed by atoms with Crippen LogP contribution in [0.3, 0.4) is 0 Å². The van der Waals surface area contributed by atoms with Gasteiger partial charge in [0.25, 0.3) is 0 Å². The molecule has 1 heterocycles. The summed E-state index contributed by atoms with van der Waals surface area (Å²) in [5.41, 5.74) is 0.984. The Balaban J connectivity index is 1.81. The highest BCUT2D eigenvalue weighted by Crippen LogP contribution is 2.13. The highest BCUT2D eigenvalue weighted by Gasteiger charge is 2.20. The summed E-state index contributed by atoms with van der Waals surface area (Å²) in [5, 5.41) is 2.74. The molecule has 1 aliphatic rings. The van der Waals surface area contributed by atoms with Gasteiger partial charge in [-0.05, 0) is 37.1 Å². The molecule has 1 aromatic rings. The van der Waals surface area contributed by atoms with Crippen molar-refractivity contribution in [2.45, 2.75) is 39.5 Å². The smallest absolute Gasteiger partial charge is 0.326 e. The first-order valence-electron chi connectivity index (χ1n) is 9.24. The summed E-state index contributed by atoms with van der Waals surface area (Å²) < 4.78 is 5.02. The number of nitrogens with one attached hydrogen (secondary N) is 1. The number of esters is 1. The average molecular weight is 374 g/mol. The van der Waals surface area contributed by atoms with Crippen molar-refractivity contribution in [3.05, 3.63) is 29.8 Å². The summed E-state index contributed by atoms with van der Waals surface area (Å²) in [7, 11) is 0. The van der Waals surface area contributed by atoms with Gasteiger partial charge in [0, 0.05) is 30.1 Å². The van der Waals surface area contributed by atoms with Gasteiger partial charge in [-0.1, -0.05) is 20.3 Å². The van der Waals surface area contributed by atoms with E-state index in [0.29, 0.717) is 24.2 Å². The molecule has 7 nitrogen and oxygen atoms in total. The van der Waals surface area contributed by atoms with Crippen molar-refractivity contribution in [2.75, 3.05) is 25.0 Å². The SMILES string of the molecule is CC(C)C(=O)Nc1ccc(C(=O)COC(=O)CN2CCCCCC2=O)cc1. The van der Waals surface area contributed by atoms with Gasteiger partial charge in [0.2, 0.25) is 11.8 Å². The number of likely N-dealkylation sites (tertiary alicyclic amines) is 1. The number of carbonyl (C=O) groups is 4. The quantitative estimate of drug-likeness (QED) is 0.584. The van der Waals surface area contributed by atoms with E-state index < -0.39 is 5.97 Å². The van der Waals surface area contributed by atoms with E-state index in [1.54, 1.807) is 38.1 Å².